The van der Waals surface area contributed by atoms with E-state index in [4.69, 9.17) is 18.9 Å². The summed E-state index contributed by atoms with van der Waals surface area (Å²) in [6.45, 7) is 0.768. The second kappa shape index (κ2) is 12.0. The first-order chi connectivity index (χ1) is 18.7. The zero-order valence-corrected chi connectivity index (χ0v) is 20.6. The van der Waals surface area contributed by atoms with E-state index in [9.17, 15) is 9.59 Å². The molecule has 4 aromatic carbocycles. The van der Waals surface area contributed by atoms with Crippen LogP contribution >= 0.6 is 0 Å². The van der Waals surface area contributed by atoms with Crippen molar-refractivity contribution in [1.29, 1.82) is 0 Å². The van der Waals surface area contributed by atoms with Crippen molar-refractivity contribution in [3.63, 3.8) is 0 Å². The van der Waals surface area contributed by atoms with Gasteiger partial charge in [0.1, 0.15) is 19.8 Å². The Balaban J connectivity index is 1.35. The third-order valence-electron chi connectivity index (χ3n) is 6.06. The molecule has 1 N–H and O–H groups in total. The first-order valence-corrected chi connectivity index (χ1v) is 12.3. The van der Waals surface area contributed by atoms with Crippen molar-refractivity contribution in [2.75, 3.05) is 0 Å². The Labute approximate surface area is 220 Å². The van der Waals surface area contributed by atoms with Gasteiger partial charge in [-0.2, -0.15) is 0 Å². The Bertz CT molecular complexity index is 1360. The van der Waals surface area contributed by atoms with Crippen LogP contribution in [-0.2, 0) is 34.1 Å². The Morgan fingerprint density at radius 1 is 0.684 bits per heavy atom. The third kappa shape index (κ3) is 6.31. The maximum atomic E-state index is 12.9. The number of hydrogen-bond acceptors (Lipinski definition) is 6. The number of carbonyl (C=O) groups is 2. The van der Waals surface area contributed by atoms with Crippen LogP contribution in [0.2, 0.25) is 0 Å². The molecule has 1 saturated heterocycles. The molecule has 7 nitrogen and oxygen atoms in total. The van der Waals surface area contributed by atoms with Crippen LogP contribution < -0.4 is 14.8 Å². The molecular formula is C31H27NO6. The van der Waals surface area contributed by atoms with Gasteiger partial charge < -0.3 is 24.3 Å². The number of hydrogen-bond donors (Lipinski definition) is 1. The van der Waals surface area contributed by atoms with E-state index in [1.807, 2.05) is 91.0 Å². The molecule has 1 fully saturated rings. The lowest BCUT2D eigenvalue weighted by Gasteiger charge is -2.19. The summed E-state index contributed by atoms with van der Waals surface area (Å²) < 4.78 is 23.2. The molecule has 1 amide bonds. The zero-order chi connectivity index (χ0) is 26.2. The lowest BCUT2D eigenvalue weighted by Crippen LogP contribution is -2.37. The van der Waals surface area contributed by atoms with Crippen molar-refractivity contribution in [2.24, 2.45) is 0 Å². The molecule has 0 aromatic heterocycles. The molecule has 4 aromatic rings. The molecule has 0 saturated carbocycles. The van der Waals surface area contributed by atoms with Crippen molar-refractivity contribution in [2.45, 2.75) is 32.0 Å². The number of carbonyl (C=O) groups excluding carboxylic acids is 2. The van der Waals surface area contributed by atoms with E-state index in [-0.39, 0.29) is 6.61 Å². The topological polar surface area (TPSA) is 83.1 Å². The van der Waals surface area contributed by atoms with Crippen molar-refractivity contribution in [3.8, 4) is 11.5 Å². The molecule has 0 spiro atoms. The van der Waals surface area contributed by atoms with Crippen molar-refractivity contribution < 1.29 is 28.5 Å². The summed E-state index contributed by atoms with van der Waals surface area (Å²) in [5.74, 6) is 0.427. The highest BCUT2D eigenvalue weighted by Gasteiger charge is 2.41. The Morgan fingerprint density at radius 2 is 1.21 bits per heavy atom. The Hall–Kier alpha value is -4.78. The number of rotatable bonds is 10. The molecule has 5 rings (SSSR count). The predicted octanol–water partition coefficient (Wildman–Crippen LogP) is 5.74. The largest absolute Gasteiger partial charge is 0.485 e. The van der Waals surface area contributed by atoms with E-state index in [0.29, 0.717) is 30.3 Å². The van der Waals surface area contributed by atoms with Gasteiger partial charge in [0, 0.05) is 0 Å². The average Bonchev–Trinajstić information content (AvgIpc) is 3.37. The number of alkyl carbamates (subject to hydrolysis) is 1. The molecule has 1 heterocycles. The van der Waals surface area contributed by atoms with Gasteiger partial charge in [0.2, 0.25) is 0 Å². The lowest BCUT2D eigenvalue weighted by molar-refractivity contribution is -0.148. The summed E-state index contributed by atoms with van der Waals surface area (Å²) in [6.07, 6.45) is -1.57. The van der Waals surface area contributed by atoms with Crippen LogP contribution in [-0.4, -0.2) is 18.1 Å². The molecule has 0 bridgehead atoms. The average molecular weight is 510 g/mol. The van der Waals surface area contributed by atoms with Crippen LogP contribution in [0.4, 0.5) is 4.79 Å². The molecule has 2 atom stereocenters. The molecule has 1 aliphatic heterocycles. The van der Waals surface area contributed by atoms with Gasteiger partial charge >= 0.3 is 12.1 Å². The summed E-state index contributed by atoms with van der Waals surface area (Å²) >= 11 is 0. The quantitative estimate of drug-likeness (QED) is 0.275. The fourth-order valence-electron chi connectivity index (χ4n) is 4.09. The van der Waals surface area contributed by atoms with Crippen LogP contribution in [0, 0.1) is 0 Å². The van der Waals surface area contributed by atoms with Gasteiger partial charge in [-0.05, 0) is 34.4 Å². The van der Waals surface area contributed by atoms with Gasteiger partial charge in [-0.25, -0.2) is 9.59 Å². The normalized spacial score (nSPS) is 16.3. The monoisotopic (exact) mass is 509 g/mol. The number of amides is 1. The number of cyclic esters (lactones) is 1. The minimum absolute atomic E-state index is 0.0937. The van der Waals surface area contributed by atoms with Gasteiger partial charge in [-0.15, -0.1) is 0 Å². The molecule has 192 valence electrons. The van der Waals surface area contributed by atoms with Crippen LogP contribution in [0.25, 0.3) is 0 Å². The predicted molar refractivity (Wildman–Crippen MR) is 140 cm³/mol. The molecule has 0 radical (unpaired) electrons. The first-order valence-electron chi connectivity index (χ1n) is 12.3. The van der Waals surface area contributed by atoms with E-state index in [0.717, 1.165) is 16.7 Å². The molecule has 1 aliphatic rings. The van der Waals surface area contributed by atoms with Gasteiger partial charge in [0.05, 0.1) is 0 Å². The smallest absolute Gasteiger partial charge is 0.408 e. The third-order valence-corrected chi connectivity index (χ3v) is 6.06. The fraction of sp³-hybridized carbons (Fsp3) is 0.161. The van der Waals surface area contributed by atoms with Crippen molar-refractivity contribution in [3.05, 3.63) is 131 Å². The van der Waals surface area contributed by atoms with Crippen LogP contribution in [0.1, 0.15) is 28.4 Å². The lowest BCUT2D eigenvalue weighted by atomic mass is 10.0. The maximum Gasteiger partial charge on any atom is 0.408 e. The standard InChI is InChI=1S/C31H27NO6/c33-30(37-21-24-14-8-3-9-15-24)28-29(38-31(34)32-28)25-16-17-26(35-19-22-10-4-1-5-11-22)27(18-25)36-20-23-12-6-2-7-13-23/h1-18,28-29H,19-21H2,(H,32,34). The number of ether oxygens (including phenoxy) is 4. The molecule has 7 heteroatoms. The van der Waals surface area contributed by atoms with Crippen molar-refractivity contribution in [1.82, 2.24) is 5.32 Å². The van der Waals surface area contributed by atoms with Gasteiger partial charge in [-0.1, -0.05) is 97.1 Å². The van der Waals surface area contributed by atoms with Crippen LogP contribution in [0.15, 0.2) is 109 Å². The highest BCUT2D eigenvalue weighted by atomic mass is 16.6. The van der Waals surface area contributed by atoms with Gasteiger partial charge in [-0.3, -0.25) is 0 Å². The highest BCUT2D eigenvalue weighted by Crippen LogP contribution is 2.36. The maximum absolute atomic E-state index is 12.9. The van der Waals surface area contributed by atoms with Crippen molar-refractivity contribution >= 4 is 12.1 Å². The first kappa shape index (κ1) is 24.9. The van der Waals surface area contributed by atoms with E-state index in [1.54, 1.807) is 18.2 Å². The zero-order valence-electron chi connectivity index (χ0n) is 20.6. The molecular weight excluding hydrogens is 482 g/mol. The Morgan fingerprint density at radius 3 is 1.79 bits per heavy atom. The summed E-state index contributed by atoms with van der Waals surface area (Å²) in [5, 5.41) is 2.57. The van der Waals surface area contributed by atoms with E-state index >= 15 is 0 Å². The van der Waals surface area contributed by atoms with Gasteiger partial charge in [0.15, 0.2) is 23.6 Å². The van der Waals surface area contributed by atoms with E-state index in [2.05, 4.69) is 5.32 Å². The fourth-order valence-corrected chi connectivity index (χ4v) is 4.09. The molecule has 2 unspecified atom stereocenters. The second-order valence-corrected chi connectivity index (χ2v) is 8.80. The number of esters is 1. The number of benzene rings is 4. The van der Waals surface area contributed by atoms with Crippen LogP contribution in [0.3, 0.4) is 0 Å². The van der Waals surface area contributed by atoms with Gasteiger partial charge in [0.25, 0.3) is 0 Å². The number of nitrogens with one attached hydrogen (secondary N) is 1. The van der Waals surface area contributed by atoms with E-state index in [1.165, 1.54) is 0 Å². The SMILES string of the molecule is O=C1NC(C(=O)OCc2ccccc2)C(c2ccc(OCc3ccccc3)c(OCc3ccccc3)c2)O1. The molecule has 38 heavy (non-hydrogen) atoms. The highest BCUT2D eigenvalue weighted by molar-refractivity contribution is 5.85. The summed E-state index contributed by atoms with van der Waals surface area (Å²) in [6, 6.07) is 33.2. The van der Waals surface area contributed by atoms with Crippen LogP contribution in [0.5, 0.6) is 11.5 Å². The minimum atomic E-state index is -0.996. The summed E-state index contributed by atoms with van der Waals surface area (Å²) in [4.78, 5) is 25.0. The molecule has 0 aliphatic carbocycles. The second-order valence-electron chi connectivity index (χ2n) is 8.80. The van der Waals surface area contributed by atoms with E-state index < -0.39 is 24.2 Å². The Kier molecular flexibility index (Phi) is 7.84. The minimum Gasteiger partial charge on any atom is -0.485 e. The summed E-state index contributed by atoms with van der Waals surface area (Å²) in [5.41, 5.74) is 3.43. The summed E-state index contributed by atoms with van der Waals surface area (Å²) in [7, 11) is 0.